The number of thioether (sulfide) groups is 1. The van der Waals surface area contributed by atoms with Gasteiger partial charge in [-0.15, -0.1) is 0 Å². The molecular formula is C13H11NO4S2. The molecule has 1 aromatic rings. The van der Waals surface area contributed by atoms with Crippen molar-refractivity contribution in [1.29, 1.82) is 0 Å². The van der Waals surface area contributed by atoms with Crippen LogP contribution in [0, 0.1) is 0 Å². The van der Waals surface area contributed by atoms with Gasteiger partial charge >= 0.3 is 5.97 Å². The van der Waals surface area contributed by atoms with E-state index < -0.39 is 5.97 Å². The van der Waals surface area contributed by atoms with Crippen LogP contribution in [0.1, 0.15) is 5.56 Å². The summed E-state index contributed by atoms with van der Waals surface area (Å²) < 4.78 is 4.53. The van der Waals surface area contributed by atoms with Crippen molar-refractivity contribution in [3.05, 3.63) is 34.7 Å². The van der Waals surface area contributed by atoms with Crippen molar-refractivity contribution < 1.29 is 19.4 Å². The molecule has 1 fully saturated rings. The Balaban J connectivity index is 2.19. The Kier molecular flexibility index (Phi) is 4.41. The summed E-state index contributed by atoms with van der Waals surface area (Å²) in [7, 11) is 1.26. The number of benzene rings is 1. The maximum Gasteiger partial charge on any atom is 0.325 e. The van der Waals surface area contributed by atoms with E-state index in [-0.39, 0.29) is 17.5 Å². The Bertz CT molecular complexity index is 595. The summed E-state index contributed by atoms with van der Waals surface area (Å²) in [6.45, 7) is -0.186. The number of carbonyl (C=O) groups excluding carboxylic acids is 2. The molecule has 0 atom stereocenters. The lowest BCUT2D eigenvalue weighted by atomic mass is 10.2. The molecule has 0 unspecified atom stereocenters. The van der Waals surface area contributed by atoms with E-state index >= 15 is 0 Å². The molecule has 104 valence electrons. The maximum atomic E-state index is 11.8. The number of hydrogen-bond acceptors (Lipinski definition) is 6. The number of amides is 1. The molecule has 2 rings (SSSR count). The number of aromatic hydroxyl groups is 1. The molecular weight excluding hydrogens is 298 g/mol. The van der Waals surface area contributed by atoms with Crippen LogP contribution in [0.4, 0.5) is 4.79 Å². The van der Waals surface area contributed by atoms with Crippen LogP contribution in [0.3, 0.4) is 0 Å². The van der Waals surface area contributed by atoms with Gasteiger partial charge in [0.05, 0.1) is 12.0 Å². The smallest absolute Gasteiger partial charge is 0.325 e. The Morgan fingerprint density at radius 1 is 1.45 bits per heavy atom. The first-order valence-electron chi connectivity index (χ1n) is 5.62. The van der Waals surface area contributed by atoms with Crippen molar-refractivity contribution in [2.24, 2.45) is 0 Å². The van der Waals surface area contributed by atoms with Gasteiger partial charge in [-0.2, -0.15) is 0 Å². The van der Waals surface area contributed by atoms with Crippen molar-refractivity contribution in [3.63, 3.8) is 0 Å². The number of hydrogen-bond donors (Lipinski definition) is 1. The van der Waals surface area contributed by atoms with Crippen LogP contribution in [0.5, 0.6) is 5.75 Å². The van der Waals surface area contributed by atoms with Crippen LogP contribution in [0.2, 0.25) is 0 Å². The molecule has 20 heavy (non-hydrogen) atoms. The second kappa shape index (κ2) is 6.06. The molecule has 5 nitrogen and oxygen atoms in total. The van der Waals surface area contributed by atoms with E-state index in [1.54, 1.807) is 30.3 Å². The highest BCUT2D eigenvalue weighted by Crippen LogP contribution is 2.33. The molecule has 0 saturated carbocycles. The number of phenolic OH excluding ortho intramolecular Hbond substituents is 1. The quantitative estimate of drug-likeness (QED) is 0.525. The molecule has 1 N–H and O–H groups in total. The lowest BCUT2D eigenvalue weighted by molar-refractivity contribution is -0.140. The average molecular weight is 309 g/mol. The SMILES string of the molecule is COC(=O)CN1C(=O)SC(=Cc2ccc(O)cc2)C1=S. The summed E-state index contributed by atoms with van der Waals surface area (Å²) in [5.41, 5.74) is 0.806. The van der Waals surface area contributed by atoms with Gasteiger partial charge < -0.3 is 9.84 Å². The molecule has 7 heteroatoms. The van der Waals surface area contributed by atoms with Crippen LogP contribution in [0.25, 0.3) is 6.08 Å². The minimum absolute atomic E-state index is 0.164. The standard InChI is InChI=1S/C13H11NO4S2/c1-18-11(16)7-14-12(19)10(20-13(14)17)6-8-2-4-9(15)5-3-8/h2-6,15H,7H2,1H3. The molecule has 0 spiro atoms. The molecule has 1 aliphatic rings. The predicted octanol–water partition coefficient (Wildman–Crippen LogP) is 2.40. The number of esters is 1. The zero-order valence-electron chi connectivity index (χ0n) is 10.5. The maximum absolute atomic E-state index is 11.8. The van der Waals surface area contributed by atoms with Crippen molar-refractivity contribution in [2.75, 3.05) is 13.7 Å². The van der Waals surface area contributed by atoms with Gasteiger partial charge in [-0.05, 0) is 35.5 Å². The lowest BCUT2D eigenvalue weighted by Crippen LogP contribution is -2.33. The van der Waals surface area contributed by atoms with E-state index in [9.17, 15) is 14.7 Å². The summed E-state index contributed by atoms with van der Waals surface area (Å²) in [6, 6.07) is 6.50. The van der Waals surface area contributed by atoms with Crippen molar-refractivity contribution in [3.8, 4) is 5.75 Å². The molecule has 1 saturated heterocycles. The van der Waals surface area contributed by atoms with E-state index in [0.717, 1.165) is 17.3 Å². The van der Waals surface area contributed by atoms with Crippen LogP contribution in [0.15, 0.2) is 29.2 Å². The second-order valence-electron chi connectivity index (χ2n) is 3.94. The number of methoxy groups -OCH3 is 1. The van der Waals surface area contributed by atoms with Gasteiger partial charge in [-0.1, -0.05) is 24.4 Å². The van der Waals surface area contributed by atoms with Crippen LogP contribution >= 0.6 is 24.0 Å². The monoisotopic (exact) mass is 309 g/mol. The number of ether oxygens (including phenoxy) is 1. The minimum Gasteiger partial charge on any atom is -0.508 e. The summed E-state index contributed by atoms with van der Waals surface area (Å²) in [5, 5.41) is 8.91. The molecule has 1 aliphatic heterocycles. The highest BCUT2D eigenvalue weighted by Gasteiger charge is 2.33. The van der Waals surface area contributed by atoms with E-state index in [2.05, 4.69) is 4.74 Å². The molecule has 0 aliphatic carbocycles. The number of carbonyl (C=O) groups is 2. The summed E-state index contributed by atoms with van der Waals surface area (Å²) in [6.07, 6.45) is 1.74. The molecule has 1 heterocycles. The van der Waals surface area contributed by atoms with Gasteiger partial charge in [0.2, 0.25) is 0 Å². The van der Waals surface area contributed by atoms with E-state index in [0.29, 0.717) is 9.89 Å². The lowest BCUT2D eigenvalue weighted by Gasteiger charge is -2.12. The number of rotatable bonds is 3. The average Bonchev–Trinajstić information content (AvgIpc) is 2.69. The van der Waals surface area contributed by atoms with E-state index in [1.807, 2.05) is 0 Å². The topological polar surface area (TPSA) is 66.8 Å². The Hall–Kier alpha value is -1.86. The number of phenols is 1. The molecule has 0 radical (unpaired) electrons. The fourth-order valence-corrected chi connectivity index (χ4v) is 2.79. The van der Waals surface area contributed by atoms with Gasteiger partial charge in [0.15, 0.2) is 0 Å². The Morgan fingerprint density at radius 3 is 2.70 bits per heavy atom. The first kappa shape index (κ1) is 14.5. The predicted molar refractivity (Wildman–Crippen MR) is 80.4 cm³/mol. The highest BCUT2D eigenvalue weighted by molar-refractivity contribution is 8.19. The molecule has 0 bridgehead atoms. The third kappa shape index (κ3) is 3.17. The van der Waals surface area contributed by atoms with Gasteiger partial charge in [-0.3, -0.25) is 14.5 Å². The van der Waals surface area contributed by atoms with Crippen molar-refractivity contribution >= 4 is 46.3 Å². The fraction of sp³-hybridized carbons (Fsp3) is 0.154. The number of nitrogens with zero attached hydrogens (tertiary/aromatic N) is 1. The third-order valence-corrected chi connectivity index (χ3v) is 4.07. The largest absolute Gasteiger partial charge is 0.508 e. The minimum atomic E-state index is -0.521. The third-order valence-electron chi connectivity index (χ3n) is 2.58. The van der Waals surface area contributed by atoms with Gasteiger partial charge in [0, 0.05) is 0 Å². The molecule has 1 amide bonds. The van der Waals surface area contributed by atoms with E-state index in [4.69, 9.17) is 12.2 Å². The van der Waals surface area contributed by atoms with E-state index in [1.165, 1.54) is 12.0 Å². The Labute approximate surface area is 125 Å². The Morgan fingerprint density at radius 2 is 2.10 bits per heavy atom. The molecule has 1 aromatic carbocycles. The zero-order valence-corrected chi connectivity index (χ0v) is 12.2. The van der Waals surface area contributed by atoms with Crippen molar-refractivity contribution in [1.82, 2.24) is 4.90 Å². The van der Waals surface area contributed by atoms with Crippen LogP contribution < -0.4 is 0 Å². The van der Waals surface area contributed by atoms with Crippen molar-refractivity contribution in [2.45, 2.75) is 0 Å². The fourth-order valence-electron chi connectivity index (χ4n) is 1.55. The van der Waals surface area contributed by atoms with Gasteiger partial charge in [-0.25, -0.2) is 0 Å². The first-order chi connectivity index (χ1) is 9.51. The van der Waals surface area contributed by atoms with Crippen LogP contribution in [-0.4, -0.2) is 39.9 Å². The van der Waals surface area contributed by atoms with Gasteiger partial charge in [0.1, 0.15) is 17.3 Å². The summed E-state index contributed by atoms with van der Waals surface area (Å²) >= 11 is 6.16. The normalized spacial score (nSPS) is 16.9. The molecule has 0 aromatic heterocycles. The first-order valence-corrected chi connectivity index (χ1v) is 6.85. The summed E-state index contributed by atoms with van der Waals surface area (Å²) in [5.74, 6) is -0.357. The number of thiocarbonyl (C=S) groups is 1. The van der Waals surface area contributed by atoms with Crippen LogP contribution in [-0.2, 0) is 9.53 Å². The second-order valence-corrected chi connectivity index (χ2v) is 5.32. The zero-order chi connectivity index (χ0) is 14.7. The summed E-state index contributed by atoms with van der Waals surface area (Å²) in [4.78, 5) is 25.1. The van der Waals surface area contributed by atoms with Gasteiger partial charge in [0.25, 0.3) is 5.24 Å². The highest BCUT2D eigenvalue weighted by atomic mass is 32.2.